The number of carbonyl (C=O) groups is 1. The van der Waals surface area contributed by atoms with Crippen molar-refractivity contribution >= 4 is 5.97 Å². The quantitative estimate of drug-likeness (QED) is 0.521. The third-order valence-corrected chi connectivity index (χ3v) is 4.93. The smallest absolute Gasteiger partial charge is 0.303 e. The molecule has 2 nitrogen and oxygen atoms in total. The second-order valence-corrected chi connectivity index (χ2v) is 6.79. The van der Waals surface area contributed by atoms with E-state index < -0.39 is 0 Å². The molecule has 0 spiro atoms. The average Bonchev–Trinajstić information content (AvgIpc) is 2.81. The molecule has 0 amide bonds. The molecule has 2 aliphatic carbocycles. The number of ether oxygens (including phenoxy) is 1. The van der Waals surface area contributed by atoms with Crippen molar-refractivity contribution in [3.05, 3.63) is 23.3 Å². The van der Waals surface area contributed by atoms with Gasteiger partial charge in [0.25, 0.3) is 0 Å². The maximum Gasteiger partial charge on any atom is 0.303 e. The molecular weight excluding hydrogens is 236 g/mol. The van der Waals surface area contributed by atoms with Crippen LogP contribution >= 0.6 is 0 Å². The molecule has 19 heavy (non-hydrogen) atoms. The largest absolute Gasteiger partial charge is 0.458 e. The Morgan fingerprint density at radius 2 is 2.05 bits per heavy atom. The fraction of sp³-hybridized carbons (Fsp3) is 0.706. The van der Waals surface area contributed by atoms with Crippen LogP contribution in [0.3, 0.4) is 0 Å². The van der Waals surface area contributed by atoms with Crippen LogP contribution in [0, 0.1) is 17.3 Å². The van der Waals surface area contributed by atoms with Gasteiger partial charge >= 0.3 is 5.97 Å². The minimum Gasteiger partial charge on any atom is -0.458 e. The first kappa shape index (κ1) is 14.4. The molecule has 2 heteroatoms. The lowest BCUT2D eigenvalue weighted by Gasteiger charge is -2.18. The average molecular weight is 262 g/mol. The number of esters is 1. The highest BCUT2D eigenvalue weighted by atomic mass is 16.5. The zero-order valence-corrected chi connectivity index (χ0v) is 12.8. The van der Waals surface area contributed by atoms with Crippen LogP contribution in [0.4, 0.5) is 0 Å². The fourth-order valence-electron chi connectivity index (χ4n) is 3.38. The standard InChI is InChI=1S/C17H26O2/c1-11-6-8-14-15(17(14,4)5)10-12(2)16(9-7-11)19-13(3)18/h7,10,14-16H,6,8-9H2,1-5H3/b11-7+,12-10+/t14?,15-,16+/m0/s1. The molecule has 0 aromatic carbocycles. The number of hydrogen-bond acceptors (Lipinski definition) is 2. The molecule has 1 unspecified atom stereocenters. The minimum absolute atomic E-state index is 0.0809. The second kappa shape index (κ2) is 5.15. The number of fused-ring (bicyclic) bond motifs is 1. The number of carbonyl (C=O) groups excluding carboxylic acids is 1. The van der Waals surface area contributed by atoms with Gasteiger partial charge in [0.05, 0.1) is 0 Å². The van der Waals surface area contributed by atoms with Crippen molar-refractivity contribution < 1.29 is 9.53 Å². The molecule has 0 radical (unpaired) electrons. The molecule has 0 saturated heterocycles. The predicted octanol–water partition coefficient (Wildman–Crippen LogP) is 4.27. The Labute approximate surface area is 116 Å². The van der Waals surface area contributed by atoms with Crippen LogP contribution in [0.2, 0.25) is 0 Å². The predicted molar refractivity (Wildman–Crippen MR) is 77.7 cm³/mol. The van der Waals surface area contributed by atoms with Crippen molar-refractivity contribution in [1.29, 1.82) is 0 Å². The van der Waals surface area contributed by atoms with E-state index in [1.165, 1.54) is 30.9 Å². The molecule has 1 fully saturated rings. The van der Waals surface area contributed by atoms with Crippen LogP contribution in [0.25, 0.3) is 0 Å². The highest BCUT2D eigenvalue weighted by Crippen LogP contribution is 2.61. The number of hydrogen-bond donors (Lipinski definition) is 0. The Balaban J connectivity index is 2.22. The van der Waals surface area contributed by atoms with Gasteiger partial charge in [-0.25, -0.2) is 0 Å². The molecule has 2 rings (SSSR count). The first-order valence-electron chi connectivity index (χ1n) is 7.33. The van der Waals surface area contributed by atoms with Gasteiger partial charge in [0.2, 0.25) is 0 Å². The number of rotatable bonds is 1. The van der Waals surface area contributed by atoms with Crippen LogP contribution in [0.5, 0.6) is 0 Å². The summed E-state index contributed by atoms with van der Waals surface area (Å²) in [6.07, 6.45) is 7.77. The van der Waals surface area contributed by atoms with Crippen molar-refractivity contribution in [2.45, 2.75) is 60.0 Å². The van der Waals surface area contributed by atoms with E-state index in [0.717, 1.165) is 12.3 Å². The molecule has 0 aromatic rings. The van der Waals surface area contributed by atoms with Crippen molar-refractivity contribution in [1.82, 2.24) is 0 Å². The van der Waals surface area contributed by atoms with Crippen LogP contribution in [0.1, 0.15) is 53.9 Å². The summed E-state index contributed by atoms with van der Waals surface area (Å²) in [4.78, 5) is 11.2. The molecule has 0 bridgehead atoms. The van der Waals surface area contributed by atoms with E-state index in [0.29, 0.717) is 11.3 Å². The highest BCUT2D eigenvalue weighted by molar-refractivity contribution is 5.66. The summed E-state index contributed by atoms with van der Waals surface area (Å²) in [6.45, 7) is 10.5. The molecular formula is C17H26O2. The molecule has 106 valence electrons. The maximum absolute atomic E-state index is 11.2. The Morgan fingerprint density at radius 3 is 2.68 bits per heavy atom. The van der Waals surface area contributed by atoms with E-state index in [1.807, 2.05) is 0 Å². The van der Waals surface area contributed by atoms with Gasteiger partial charge < -0.3 is 4.74 Å². The molecule has 0 aliphatic heterocycles. The zero-order chi connectivity index (χ0) is 14.2. The van der Waals surface area contributed by atoms with Gasteiger partial charge in [-0.1, -0.05) is 31.6 Å². The minimum atomic E-state index is -0.188. The summed E-state index contributed by atoms with van der Waals surface area (Å²) in [6, 6.07) is 0. The SMILES string of the molecule is CC(=O)O[C@@H]1C/C=C(\C)CCC2[C@H](/C=C/1C)C2(C)C. The van der Waals surface area contributed by atoms with Gasteiger partial charge in [-0.2, -0.15) is 0 Å². The van der Waals surface area contributed by atoms with Gasteiger partial charge in [0.1, 0.15) is 6.10 Å². The van der Waals surface area contributed by atoms with Crippen molar-refractivity contribution in [2.75, 3.05) is 0 Å². The molecule has 0 N–H and O–H groups in total. The summed E-state index contributed by atoms with van der Waals surface area (Å²) >= 11 is 0. The zero-order valence-electron chi connectivity index (χ0n) is 12.8. The summed E-state index contributed by atoms with van der Waals surface area (Å²) in [7, 11) is 0. The lowest BCUT2D eigenvalue weighted by atomic mass is 9.99. The Morgan fingerprint density at radius 1 is 1.37 bits per heavy atom. The Hall–Kier alpha value is -1.05. The molecule has 2 aliphatic rings. The third kappa shape index (κ3) is 3.10. The van der Waals surface area contributed by atoms with Crippen LogP contribution in [-0.4, -0.2) is 12.1 Å². The second-order valence-electron chi connectivity index (χ2n) is 6.79. The van der Waals surface area contributed by atoms with E-state index in [-0.39, 0.29) is 12.1 Å². The summed E-state index contributed by atoms with van der Waals surface area (Å²) in [5.74, 6) is 1.24. The summed E-state index contributed by atoms with van der Waals surface area (Å²) < 4.78 is 5.47. The van der Waals surface area contributed by atoms with E-state index >= 15 is 0 Å². The normalized spacial score (nSPS) is 39.1. The molecule has 1 saturated carbocycles. The lowest BCUT2D eigenvalue weighted by Crippen LogP contribution is -2.17. The number of allylic oxidation sites excluding steroid dienone is 2. The van der Waals surface area contributed by atoms with Gasteiger partial charge in [-0.05, 0) is 49.5 Å². The van der Waals surface area contributed by atoms with Crippen molar-refractivity contribution in [3.8, 4) is 0 Å². The fourth-order valence-corrected chi connectivity index (χ4v) is 3.38. The lowest BCUT2D eigenvalue weighted by molar-refractivity contribution is -0.144. The highest BCUT2D eigenvalue weighted by Gasteiger charge is 2.55. The molecule has 3 atom stereocenters. The van der Waals surface area contributed by atoms with E-state index in [1.54, 1.807) is 0 Å². The monoisotopic (exact) mass is 262 g/mol. The van der Waals surface area contributed by atoms with Gasteiger partial charge in [-0.3, -0.25) is 4.79 Å². The first-order chi connectivity index (χ1) is 8.82. The van der Waals surface area contributed by atoms with Gasteiger partial charge in [-0.15, -0.1) is 0 Å². The maximum atomic E-state index is 11.2. The molecule has 0 aromatic heterocycles. The van der Waals surface area contributed by atoms with Crippen LogP contribution in [0.15, 0.2) is 23.3 Å². The Kier molecular flexibility index (Phi) is 3.89. The van der Waals surface area contributed by atoms with Crippen molar-refractivity contribution in [2.24, 2.45) is 17.3 Å². The van der Waals surface area contributed by atoms with E-state index in [2.05, 4.69) is 39.8 Å². The van der Waals surface area contributed by atoms with E-state index in [9.17, 15) is 4.79 Å². The Bertz CT molecular complexity index is 429. The molecule has 0 heterocycles. The van der Waals surface area contributed by atoms with Crippen LogP contribution < -0.4 is 0 Å². The van der Waals surface area contributed by atoms with Gasteiger partial charge in [0.15, 0.2) is 0 Å². The first-order valence-corrected chi connectivity index (χ1v) is 7.33. The summed E-state index contributed by atoms with van der Waals surface area (Å²) in [5.41, 5.74) is 3.04. The third-order valence-electron chi connectivity index (χ3n) is 4.93. The van der Waals surface area contributed by atoms with E-state index in [4.69, 9.17) is 4.74 Å². The summed E-state index contributed by atoms with van der Waals surface area (Å²) in [5, 5.41) is 0. The van der Waals surface area contributed by atoms with Crippen LogP contribution in [-0.2, 0) is 9.53 Å². The van der Waals surface area contributed by atoms with Crippen molar-refractivity contribution in [3.63, 3.8) is 0 Å². The van der Waals surface area contributed by atoms with Gasteiger partial charge in [0, 0.05) is 13.3 Å². The topological polar surface area (TPSA) is 26.3 Å².